The first kappa shape index (κ1) is 20.9. The van der Waals surface area contributed by atoms with Gasteiger partial charge >= 0.3 is 0 Å². The van der Waals surface area contributed by atoms with Crippen molar-refractivity contribution in [2.75, 3.05) is 20.3 Å². The van der Waals surface area contributed by atoms with Crippen molar-refractivity contribution in [3.63, 3.8) is 0 Å². The van der Waals surface area contributed by atoms with E-state index in [0.29, 0.717) is 19.6 Å². The SMILES string of the molecule is CCOc1ccc(-c2cn3c(CC(=O)NCCc4ccccc4OC)csc3n2)cc1. The molecule has 0 aliphatic carbocycles. The number of nitrogens with zero attached hydrogens (tertiary/aromatic N) is 2. The Kier molecular flexibility index (Phi) is 6.52. The van der Waals surface area contributed by atoms with Gasteiger partial charge in [-0.05, 0) is 49.2 Å². The molecule has 0 unspecified atom stereocenters. The lowest BCUT2D eigenvalue weighted by atomic mass is 10.1. The number of aromatic nitrogens is 2. The summed E-state index contributed by atoms with van der Waals surface area (Å²) in [6.45, 7) is 3.17. The number of imidazole rings is 1. The van der Waals surface area contributed by atoms with E-state index in [2.05, 4.69) is 5.32 Å². The quantitative estimate of drug-likeness (QED) is 0.424. The first-order valence-corrected chi connectivity index (χ1v) is 11.1. The number of carbonyl (C=O) groups is 1. The van der Waals surface area contributed by atoms with Gasteiger partial charge in [0.15, 0.2) is 4.96 Å². The third-order valence-corrected chi connectivity index (χ3v) is 5.88. The third kappa shape index (κ3) is 4.88. The third-order valence-electron chi connectivity index (χ3n) is 5.00. The van der Waals surface area contributed by atoms with Crippen molar-refractivity contribution in [3.05, 3.63) is 71.4 Å². The van der Waals surface area contributed by atoms with Crippen LogP contribution in [0.3, 0.4) is 0 Å². The van der Waals surface area contributed by atoms with E-state index in [0.717, 1.165) is 45.4 Å². The number of nitrogens with one attached hydrogen (secondary N) is 1. The summed E-state index contributed by atoms with van der Waals surface area (Å²) in [5, 5.41) is 4.99. The lowest BCUT2D eigenvalue weighted by Gasteiger charge is -2.09. The van der Waals surface area contributed by atoms with Gasteiger partial charge in [-0.3, -0.25) is 9.20 Å². The van der Waals surface area contributed by atoms with Crippen molar-refractivity contribution in [2.24, 2.45) is 0 Å². The Hall–Kier alpha value is -3.32. The zero-order valence-corrected chi connectivity index (χ0v) is 18.4. The molecule has 2 aromatic heterocycles. The Morgan fingerprint density at radius 2 is 1.97 bits per heavy atom. The van der Waals surface area contributed by atoms with E-state index < -0.39 is 0 Å². The number of benzene rings is 2. The predicted octanol–water partition coefficient (Wildman–Crippen LogP) is 4.37. The van der Waals surface area contributed by atoms with Gasteiger partial charge in [-0.2, -0.15) is 0 Å². The van der Waals surface area contributed by atoms with Gasteiger partial charge < -0.3 is 14.8 Å². The molecule has 0 atom stereocenters. The molecule has 4 rings (SSSR count). The normalized spacial score (nSPS) is 10.9. The summed E-state index contributed by atoms with van der Waals surface area (Å²) in [4.78, 5) is 18.1. The average molecular weight is 436 g/mol. The van der Waals surface area contributed by atoms with Gasteiger partial charge in [0, 0.05) is 29.4 Å². The molecule has 0 radical (unpaired) electrons. The molecule has 2 heterocycles. The summed E-state index contributed by atoms with van der Waals surface area (Å²) in [6, 6.07) is 15.8. The lowest BCUT2D eigenvalue weighted by Crippen LogP contribution is -2.27. The number of hydrogen-bond donors (Lipinski definition) is 1. The monoisotopic (exact) mass is 435 g/mol. The number of fused-ring (bicyclic) bond motifs is 1. The molecule has 7 heteroatoms. The van der Waals surface area contributed by atoms with Crippen molar-refractivity contribution in [3.8, 4) is 22.8 Å². The zero-order valence-electron chi connectivity index (χ0n) is 17.6. The fourth-order valence-electron chi connectivity index (χ4n) is 3.46. The zero-order chi connectivity index (χ0) is 21.6. The molecule has 0 saturated heterocycles. The second kappa shape index (κ2) is 9.66. The molecule has 0 fully saturated rings. The summed E-state index contributed by atoms with van der Waals surface area (Å²) in [5.74, 6) is 1.68. The molecule has 0 bridgehead atoms. The Morgan fingerprint density at radius 1 is 1.16 bits per heavy atom. The predicted molar refractivity (Wildman–Crippen MR) is 123 cm³/mol. The van der Waals surface area contributed by atoms with Gasteiger partial charge in [-0.25, -0.2) is 4.98 Å². The lowest BCUT2D eigenvalue weighted by molar-refractivity contribution is -0.120. The van der Waals surface area contributed by atoms with Crippen molar-refractivity contribution in [1.82, 2.24) is 14.7 Å². The summed E-state index contributed by atoms with van der Waals surface area (Å²) in [7, 11) is 1.66. The van der Waals surface area contributed by atoms with Crippen LogP contribution < -0.4 is 14.8 Å². The van der Waals surface area contributed by atoms with Crippen LogP contribution in [0.4, 0.5) is 0 Å². The topological polar surface area (TPSA) is 64.9 Å². The minimum atomic E-state index is -0.00841. The number of thiazole rings is 1. The summed E-state index contributed by atoms with van der Waals surface area (Å²) < 4.78 is 12.9. The fourth-order valence-corrected chi connectivity index (χ4v) is 4.33. The highest BCUT2D eigenvalue weighted by molar-refractivity contribution is 7.15. The summed E-state index contributed by atoms with van der Waals surface area (Å²) >= 11 is 1.54. The van der Waals surface area contributed by atoms with Gasteiger partial charge in [0.25, 0.3) is 0 Å². The van der Waals surface area contributed by atoms with Crippen LogP contribution in [0.15, 0.2) is 60.1 Å². The molecular formula is C24H25N3O3S. The number of ether oxygens (including phenoxy) is 2. The molecule has 0 aliphatic rings. The Labute approximate surface area is 185 Å². The van der Waals surface area contributed by atoms with Crippen LogP contribution in [-0.2, 0) is 17.6 Å². The molecule has 160 valence electrons. The van der Waals surface area contributed by atoms with Crippen LogP contribution in [-0.4, -0.2) is 35.6 Å². The van der Waals surface area contributed by atoms with E-state index >= 15 is 0 Å². The molecular weight excluding hydrogens is 410 g/mol. The maximum Gasteiger partial charge on any atom is 0.225 e. The first-order valence-electron chi connectivity index (χ1n) is 10.2. The van der Waals surface area contributed by atoms with Crippen molar-refractivity contribution in [1.29, 1.82) is 0 Å². The minimum Gasteiger partial charge on any atom is -0.496 e. The molecule has 0 aliphatic heterocycles. The maximum absolute atomic E-state index is 12.5. The highest BCUT2D eigenvalue weighted by atomic mass is 32.1. The molecule has 0 saturated carbocycles. The van der Waals surface area contributed by atoms with E-state index in [-0.39, 0.29) is 5.91 Å². The van der Waals surface area contributed by atoms with Crippen LogP contribution in [0.1, 0.15) is 18.2 Å². The van der Waals surface area contributed by atoms with Gasteiger partial charge in [0.2, 0.25) is 5.91 Å². The smallest absolute Gasteiger partial charge is 0.225 e. The number of para-hydroxylation sites is 1. The van der Waals surface area contributed by atoms with E-state index in [9.17, 15) is 4.79 Å². The number of carbonyl (C=O) groups excluding carboxylic acids is 1. The number of hydrogen-bond acceptors (Lipinski definition) is 5. The van der Waals surface area contributed by atoms with Crippen LogP contribution in [0, 0.1) is 0 Å². The van der Waals surface area contributed by atoms with Gasteiger partial charge in [0.1, 0.15) is 11.5 Å². The summed E-state index contributed by atoms with van der Waals surface area (Å²) in [5.41, 5.74) is 3.91. The van der Waals surface area contributed by atoms with E-state index in [4.69, 9.17) is 14.5 Å². The number of rotatable bonds is 9. The molecule has 6 nitrogen and oxygen atoms in total. The van der Waals surface area contributed by atoms with Crippen LogP contribution in [0.25, 0.3) is 16.2 Å². The molecule has 0 spiro atoms. The maximum atomic E-state index is 12.5. The highest BCUT2D eigenvalue weighted by Crippen LogP contribution is 2.25. The van der Waals surface area contributed by atoms with E-state index in [1.165, 1.54) is 11.3 Å². The second-order valence-electron chi connectivity index (χ2n) is 7.05. The first-order chi connectivity index (χ1) is 15.2. The molecule has 2 aromatic carbocycles. The fraction of sp³-hybridized carbons (Fsp3) is 0.250. The largest absolute Gasteiger partial charge is 0.496 e. The Morgan fingerprint density at radius 3 is 2.74 bits per heavy atom. The average Bonchev–Trinajstić information content (AvgIpc) is 3.37. The van der Waals surface area contributed by atoms with Crippen molar-refractivity contribution >= 4 is 22.2 Å². The standard InChI is InChI=1S/C24H25N3O3S/c1-3-30-20-10-8-17(9-11-20)21-15-27-19(16-31-24(27)26-21)14-23(28)25-13-12-18-6-4-5-7-22(18)29-2/h4-11,15-16H,3,12-14H2,1-2H3,(H,25,28). The van der Waals surface area contributed by atoms with Gasteiger partial charge in [-0.1, -0.05) is 18.2 Å². The highest BCUT2D eigenvalue weighted by Gasteiger charge is 2.13. The van der Waals surface area contributed by atoms with Crippen LogP contribution in [0.5, 0.6) is 11.5 Å². The van der Waals surface area contributed by atoms with Crippen LogP contribution >= 0.6 is 11.3 Å². The van der Waals surface area contributed by atoms with Crippen molar-refractivity contribution < 1.29 is 14.3 Å². The second-order valence-corrected chi connectivity index (χ2v) is 7.89. The van der Waals surface area contributed by atoms with Gasteiger partial charge in [-0.15, -0.1) is 11.3 Å². The minimum absolute atomic E-state index is 0.00841. The Bertz CT molecular complexity index is 1160. The molecule has 1 N–H and O–H groups in total. The van der Waals surface area contributed by atoms with E-state index in [1.807, 2.05) is 71.4 Å². The number of amides is 1. The summed E-state index contributed by atoms with van der Waals surface area (Å²) in [6.07, 6.45) is 3.02. The molecule has 4 aromatic rings. The van der Waals surface area contributed by atoms with Crippen LogP contribution in [0.2, 0.25) is 0 Å². The molecule has 1 amide bonds. The number of methoxy groups -OCH3 is 1. The van der Waals surface area contributed by atoms with Crippen molar-refractivity contribution in [2.45, 2.75) is 19.8 Å². The Balaban J connectivity index is 1.39. The molecule has 31 heavy (non-hydrogen) atoms. The van der Waals surface area contributed by atoms with Gasteiger partial charge in [0.05, 0.1) is 25.8 Å². The van der Waals surface area contributed by atoms with E-state index in [1.54, 1.807) is 7.11 Å².